The molecule has 1 aromatic carbocycles. The van der Waals surface area contributed by atoms with E-state index in [0.717, 1.165) is 0 Å². The number of aromatic nitrogens is 4. The number of hydrogen-bond donors (Lipinski definition) is 1. The fourth-order valence-corrected chi connectivity index (χ4v) is 2.83. The quantitative estimate of drug-likeness (QED) is 0.779. The number of nitrogens with one attached hydrogen (secondary N) is 1. The number of morpholine rings is 1. The van der Waals surface area contributed by atoms with Crippen LogP contribution in [0.4, 0.5) is 4.39 Å². The van der Waals surface area contributed by atoms with Crippen molar-refractivity contribution in [2.24, 2.45) is 0 Å². The molecule has 3 aromatic rings. The van der Waals surface area contributed by atoms with Gasteiger partial charge in [0, 0.05) is 12.1 Å². The van der Waals surface area contributed by atoms with Crippen LogP contribution in [0.2, 0.25) is 0 Å². The average Bonchev–Trinajstić information content (AvgIpc) is 3.35. The summed E-state index contributed by atoms with van der Waals surface area (Å²) in [4.78, 5) is 14.6. The highest BCUT2D eigenvalue weighted by Gasteiger charge is 2.30. The van der Waals surface area contributed by atoms with Crippen LogP contribution in [0.15, 0.2) is 41.2 Å². The summed E-state index contributed by atoms with van der Waals surface area (Å²) >= 11 is 0. The van der Waals surface area contributed by atoms with Crippen LogP contribution in [0, 0.1) is 5.82 Å². The summed E-state index contributed by atoms with van der Waals surface area (Å²) in [7, 11) is 0. The van der Waals surface area contributed by atoms with E-state index in [1.54, 1.807) is 17.0 Å². The SMILES string of the molecule is O=C(c1cc(F)ccc1-c1ccoc1)N1CCOC(c2nn[nH]n2)C1. The second kappa shape index (κ2) is 6.44. The first-order chi connectivity index (χ1) is 12.2. The lowest BCUT2D eigenvalue weighted by Gasteiger charge is -2.31. The zero-order valence-electron chi connectivity index (χ0n) is 13.1. The van der Waals surface area contributed by atoms with Crippen molar-refractivity contribution in [3.63, 3.8) is 0 Å². The Labute approximate surface area is 141 Å². The minimum atomic E-state index is -0.474. The number of ether oxygens (including phenoxy) is 1. The Hall–Kier alpha value is -3.07. The van der Waals surface area contributed by atoms with Gasteiger partial charge in [-0.25, -0.2) is 4.39 Å². The van der Waals surface area contributed by atoms with Gasteiger partial charge in [0.25, 0.3) is 5.91 Å². The molecule has 1 N–H and O–H groups in total. The summed E-state index contributed by atoms with van der Waals surface area (Å²) in [5, 5.41) is 13.7. The van der Waals surface area contributed by atoms with E-state index in [1.165, 1.54) is 24.7 Å². The first kappa shape index (κ1) is 15.5. The molecule has 128 valence electrons. The Morgan fingerprint density at radius 1 is 1.36 bits per heavy atom. The molecular formula is C16H14FN5O3. The standard InChI is InChI=1S/C16H14FN5O3/c17-11-1-2-12(10-3-5-24-9-10)13(7-11)16(23)22-4-6-25-14(8-22)15-18-20-21-19-15/h1-3,5,7,9,14H,4,6,8H2,(H,18,19,20,21). The maximum atomic E-state index is 13.8. The van der Waals surface area contributed by atoms with Crippen LogP contribution < -0.4 is 0 Å². The molecule has 1 saturated heterocycles. The first-order valence-corrected chi connectivity index (χ1v) is 7.69. The number of H-pyrrole nitrogens is 1. The van der Waals surface area contributed by atoms with Gasteiger partial charge in [0.15, 0.2) is 0 Å². The molecule has 0 aliphatic carbocycles. The zero-order chi connectivity index (χ0) is 17.2. The van der Waals surface area contributed by atoms with E-state index in [2.05, 4.69) is 20.6 Å². The van der Waals surface area contributed by atoms with Gasteiger partial charge >= 0.3 is 0 Å². The van der Waals surface area contributed by atoms with Gasteiger partial charge in [0.1, 0.15) is 11.9 Å². The van der Waals surface area contributed by atoms with Crippen molar-refractivity contribution in [3.05, 3.63) is 54.0 Å². The second-order valence-corrected chi connectivity index (χ2v) is 5.58. The molecule has 1 aliphatic rings. The molecule has 3 heterocycles. The number of amides is 1. The minimum absolute atomic E-state index is 0.264. The van der Waals surface area contributed by atoms with Gasteiger partial charge in [-0.15, -0.1) is 10.2 Å². The predicted octanol–water partition coefficient (Wildman–Crippen LogP) is 1.81. The van der Waals surface area contributed by atoms with Crippen LogP contribution in [0.25, 0.3) is 11.1 Å². The zero-order valence-corrected chi connectivity index (χ0v) is 13.1. The maximum Gasteiger partial charge on any atom is 0.254 e. The van der Waals surface area contributed by atoms with Crippen molar-refractivity contribution in [1.29, 1.82) is 0 Å². The third-order valence-corrected chi connectivity index (χ3v) is 4.05. The van der Waals surface area contributed by atoms with Crippen LogP contribution in [-0.2, 0) is 4.74 Å². The number of tetrazole rings is 1. The maximum absolute atomic E-state index is 13.8. The third kappa shape index (κ3) is 3.01. The fourth-order valence-electron chi connectivity index (χ4n) is 2.83. The highest BCUT2D eigenvalue weighted by molar-refractivity contribution is 6.00. The third-order valence-electron chi connectivity index (χ3n) is 4.05. The number of benzene rings is 1. The molecule has 0 radical (unpaired) electrons. The molecule has 1 amide bonds. The number of nitrogens with zero attached hydrogens (tertiary/aromatic N) is 4. The Morgan fingerprint density at radius 2 is 2.28 bits per heavy atom. The molecule has 1 fully saturated rings. The topological polar surface area (TPSA) is 97.1 Å². The van der Waals surface area contributed by atoms with Crippen LogP contribution in [0.3, 0.4) is 0 Å². The van der Waals surface area contributed by atoms with E-state index in [1.807, 2.05) is 0 Å². The van der Waals surface area contributed by atoms with Gasteiger partial charge in [-0.2, -0.15) is 5.21 Å². The van der Waals surface area contributed by atoms with E-state index < -0.39 is 11.9 Å². The van der Waals surface area contributed by atoms with E-state index in [4.69, 9.17) is 9.15 Å². The number of carbonyl (C=O) groups excluding carboxylic acids is 1. The lowest BCUT2D eigenvalue weighted by molar-refractivity contribution is -0.0267. The first-order valence-electron chi connectivity index (χ1n) is 7.69. The van der Waals surface area contributed by atoms with Crippen LogP contribution in [0.5, 0.6) is 0 Å². The number of rotatable bonds is 3. The molecule has 1 atom stereocenters. The number of carbonyl (C=O) groups is 1. The van der Waals surface area contributed by atoms with Crippen molar-refractivity contribution in [3.8, 4) is 11.1 Å². The number of halogens is 1. The number of hydrogen-bond acceptors (Lipinski definition) is 6. The highest BCUT2D eigenvalue weighted by atomic mass is 19.1. The van der Waals surface area contributed by atoms with E-state index in [-0.39, 0.29) is 18.0 Å². The molecule has 2 aromatic heterocycles. The van der Waals surface area contributed by atoms with Crippen molar-refractivity contribution in [1.82, 2.24) is 25.5 Å². The molecule has 9 heteroatoms. The Kier molecular flexibility index (Phi) is 3.98. The van der Waals surface area contributed by atoms with Crippen LogP contribution in [-0.4, -0.2) is 51.1 Å². The predicted molar refractivity (Wildman–Crippen MR) is 82.9 cm³/mol. The minimum Gasteiger partial charge on any atom is -0.472 e. The number of furan rings is 1. The fraction of sp³-hybridized carbons (Fsp3) is 0.250. The summed E-state index contributed by atoms with van der Waals surface area (Å²) in [6.07, 6.45) is 2.56. The highest BCUT2D eigenvalue weighted by Crippen LogP contribution is 2.28. The summed E-state index contributed by atoms with van der Waals surface area (Å²) in [5.74, 6) is -0.377. The van der Waals surface area contributed by atoms with Crippen LogP contribution >= 0.6 is 0 Å². The molecule has 0 bridgehead atoms. The number of aromatic amines is 1. The molecular weight excluding hydrogens is 329 g/mol. The smallest absolute Gasteiger partial charge is 0.254 e. The molecule has 1 unspecified atom stereocenters. The Balaban J connectivity index is 1.63. The summed E-state index contributed by atoms with van der Waals surface area (Å²) in [6, 6.07) is 5.86. The van der Waals surface area contributed by atoms with E-state index >= 15 is 0 Å². The monoisotopic (exact) mass is 343 g/mol. The van der Waals surface area contributed by atoms with Crippen LogP contribution in [0.1, 0.15) is 22.3 Å². The molecule has 8 nitrogen and oxygen atoms in total. The summed E-state index contributed by atoms with van der Waals surface area (Å²) < 4.78 is 24.4. The molecule has 1 aliphatic heterocycles. The van der Waals surface area contributed by atoms with E-state index in [9.17, 15) is 9.18 Å². The Bertz CT molecular complexity index is 866. The van der Waals surface area contributed by atoms with Crippen molar-refractivity contribution < 1.29 is 18.3 Å². The van der Waals surface area contributed by atoms with Gasteiger partial charge in [-0.1, -0.05) is 11.3 Å². The van der Waals surface area contributed by atoms with E-state index in [0.29, 0.717) is 30.1 Å². The molecule has 4 rings (SSSR count). The normalized spacial score (nSPS) is 17.6. The van der Waals surface area contributed by atoms with Gasteiger partial charge in [-0.05, 0) is 23.8 Å². The second-order valence-electron chi connectivity index (χ2n) is 5.58. The Morgan fingerprint density at radius 3 is 3.04 bits per heavy atom. The van der Waals surface area contributed by atoms with Crippen molar-refractivity contribution in [2.75, 3.05) is 19.7 Å². The van der Waals surface area contributed by atoms with Gasteiger partial charge in [0.2, 0.25) is 5.82 Å². The molecule has 25 heavy (non-hydrogen) atoms. The lowest BCUT2D eigenvalue weighted by Crippen LogP contribution is -2.42. The molecule has 0 spiro atoms. The summed E-state index contributed by atoms with van der Waals surface area (Å²) in [6.45, 7) is 0.996. The molecule has 0 saturated carbocycles. The summed E-state index contributed by atoms with van der Waals surface area (Å²) in [5.41, 5.74) is 1.60. The lowest BCUT2D eigenvalue weighted by atomic mass is 10.0. The van der Waals surface area contributed by atoms with Gasteiger partial charge in [0.05, 0.1) is 31.2 Å². The van der Waals surface area contributed by atoms with Gasteiger partial charge < -0.3 is 14.1 Å². The average molecular weight is 343 g/mol. The van der Waals surface area contributed by atoms with Gasteiger partial charge in [-0.3, -0.25) is 4.79 Å². The van der Waals surface area contributed by atoms with Crippen molar-refractivity contribution >= 4 is 5.91 Å². The van der Waals surface area contributed by atoms with Crippen molar-refractivity contribution in [2.45, 2.75) is 6.10 Å². The largest absolute Gasteiger partial charge is 0.472 e.